The molecule has 198 valence electrons. The van der Waals surface area contributed by atoms with Gasteiger partial charge in [0.2, 0.25) is 10.0 Å². The van der Waals surface area contributed by atoms with Crippen molar-refractivity contribution in [3.63, 3.8) is 0 Å². The maximum atomic E-state index is 14.2. The molecule has 0 aromatic heterocycles. The van der Waals surface area contributed by atoms with Crippen LogP contribution in [0, 0.1) is 18.6 Å². The Morgan fingerprint density at radius 1 is 0.973 bits per heavy atom. The minimum Gasteiger partial charge on any atom is -0.495 e. The molecule has 10 heteroatoms. The lowest BCUT2D eigenvalue weighted by molar-refractivity contribution is 0.00546. The van der Waals surface area contributed by atoms with Crippen LogP contribution in [0.15, 0.2) is 65.6 Å². The Morgan fingerprint density at radius 3 is 2.24 bits per heavy atom. The number of benzene rings is 3. The van der Waals surface area contributed by atoms with Crippen molar-refractivity contribution in [1.29, 1.82) is 0 Å². The highest BCUT2D eigenvalue weighted by Gasteiger charge is 2.32. The summed E-state index contributed by atoms with van der Waals surface area (Å²) in [5, 5.41) is 0.563. The smallest absolute Gasteiger partial charge is 0.246 e. The number of ether oxygens (including phenoxy) is 2. The highest BCUT2D eigenvalue weighted by atomic mass is 35.5. The number of rotatable bonds is 9. The molecule has 1 atom stereocenters. The normalized spacial score (nSPS) is 16.0. The van der Waals surface area contributed by atoms with Crippen LogP contribution in [-0.4, -0.2) is 57.5 Å². The Balaban J connectivity index is 1.46. The van der Waals surface area contributed by atoms with Crippen molar-refractivity contribution in [1.82, 2.24) is 9.21 Å². The SMILES string of the molecule is COc1ccc(C)cc1S(=O)(=O)N1CCN(C[C@@H](OCc2c(F)cccc2F)c2ccc(Cl)cc2)CC1. The van der Waals surface area contributed by atoms with E-state index in [1.807, 2.05) is 19.1 Å². The summed E-state index contributed by atoms with van der Waals surface area (Å²) >= 11 is 6.04. The molecule has 37 heavy (non-hydrogen) atoms. The molecule has 0 unspecified atom stereocenters. The molecular weight excluding hydrogens is 522 g/mol. The third-order valence-electron chi connectivity index (χ3n) is 6.42. The van der Waals surface area contributed by atoms with Crippen molar-refractivity contribution in [2.24, 2.45) is 0 Å². The van der Waals surface area contributed by atoms with Crippen molar-refractivity contribution in [3.8, 4) is 5.75 Å². The molecule has 0 spiro atoms. The van der Waals surface area contributed by atoms with Gasteiger partial charge in [0.1, 0.15) is 22.3 Å². The average molecular weight is 551 g/mol. The molecular formula is C27H29ClF2N2O4S. The van der Waals surface area contributed by atoms with E-state index in [1.165, 1.54) is 29.6 Å². The van der Waals surface area contributed by atoms with Crippen molar-refractivity contribution < 1.29 is 26.7 Å². The molecule has 1 heterocycles. The molecule has 0 radical (unpaired) electrons. The molecule has 0 saturated carbocycles. The van der Waals surface area contributed by atoms with Gasteiger partial charge in [0.15, 0.2) is 0 Å². The van der Waals surface area contributed by atoms with Crippen LogP contribution < -0.4 is 4.74 Å². The fourth-order valence-corrected chi connectivity index (χ4v) is 6.09. The fraction of sp³-hybridized carbons (Fsp3) is 0.333. The number of piperazine rings is 1. The van der Waals surface area contributed by atoms with E-state index < -0.39 is 27.8 Å². The van der Waals surface area contributed by atoms with Crippen molar-refractivity contribution in [3.05, 3.63) is 94.0 Å². The number of halogens is 3. The molecule has 1 saturated heterocycles. The lowest BCUT2D eigenvalue weighted by Gasteiger charge is -2.36. The summed E-state index contributed by atoms with van der Waals surface area (Å²) in [6.07, 6.45) is -0.503. The molecule has 0 amide bonds. The summed E-state index contributed by atoms with van der Waals surface area (Å²) < 4.78 is 67.8. The molecule has 1 aliphatic rings. The number of aryl methyl sites for hydroxylation is 1. The van der Waals surface area contributed by atoms with Gasteiger partial charge < -0.3 is 9.47 Å². The van der Waals surface area contributed by atoms with Crippen LogP contribution in [-0.2, 0) is 21.4 Å². The summed E-state index contributed by atoms with van der Waals surface area (Å²) in [6.45, 7) is 3.51. The summed E-state index contributed by atoms with van der Waals surface area (Å²) in [5.41, 5.74) is 1.50. The Kier molecular flexibility index (Phi) is 8.82. The maximum absolute atomic E-state index is 14.2. The van der Waals surface area contributed by atoms with Crippen molar-refractivity contribution >= 4 is 21.6 Å². The van der Waals surface area contributed by atoms with Crippen molar-refractivity contribution in [2.75, 3.05) is 39.8 Å². The average Bonchev–Trinajstić information content (AvgIpc) is 2.88. The van der Waals surface area contributed by atoms with Gasteiger partial charge in [0, 0.05) is 43.3 Å². The second-order valence-corrected chi connectivity index (χ2v) is 11.3. The summed E-state index contributed by atoms with van der Waals surface area (Å²) in [4.78, 5) is 2.23. The monoisotopic (exact) mass is 550 g/mol. The minimum absolute atomic E-state index is 0.135. The molecule has 3 aromatic carbocycles. The number of hydrogen-bond acceptors (Lipinski definition) is 5. The summed E-state index contributed by atoms with van der Waals surface area (Å²) in [5.74, 6) is -1.02. The first-order valence-corrected chi connectivity index (χ1v) is 13.7. The Hall–Kier alpha value is -2.56. The van der Waals surface area contributed by atoms with Crippen molar-refractivity contribution in [2.45, 2.75) is 24.5 Å². The zero-order chi connectivity index (χ0) is 26.6. The predicted molar refractivity (Wildman–Crippen MR) is 138 cm³/mol. The Labute approximate surface area is 221 Å². The van der Waals surface area contributed by atoms with E-state index >= 15 is 0 Å². The van der Waals surface area contributed by atoms with E-state index in [4.69, 9.17) is 21.1 Å². The van der Waals surface area contributed by atoms with E-state index in [9.17, 15) is 17.2 Å². The van der Waals surface area contributed by atoms with Crippen LogP contribution in [0.25, 0.3) is 0 Å². The molecule has 3 aromatic rings. The lowest BCUT2D eigenvalue weighted by Crippen LogP contribution is -2.49. The molecule has 6 nitrogen and oxygen atoms in total. The molecule has 0 aliphatic carbocycles. The van der Waals surface area contributed by atoms with E-state index in [1.54, 1.807) is 30.3 Å². The number of sulfonamides is 1. The first kappa shape index (κ1) is 27.5. The standard InChI is InChI=1S/C27H29ClF2N2O4S/c1-19-6-11-25(35-2)27(16-19)37(33,34)32-14-12-31(13-15-32)17-26(20-7-9-21(28)10-8-20)36-18-22-23(29)4-3-5-24(22)30/h3-11,16,26H,12-15,17-18H2,1-2H3/t26-/m1/s1. The maximum Gasteiger partial charge on any atom is 0.246 e. The van der Waals surface area contributed by atoms with Gasteiger partial charge in [0.25, 0.3) is 0 Å². The summed E-state index contributed by atoms with van der Waals surface area (Å²) in [6, 6.07) is 15.9. The number of nitrogens with zero attached hydrogens (tertiary/aromatic N) is 2. The second-order valence-electron chi connectivity index (χ2n) is 8.91. The van der Waals surface area contributed by atoms with E-state index in [0.717, 1.165) is 11.1 Å². The van der Waals surface area contributed by atoms with Gasteiger partial charge in [-0.05, 0) is 54.4 Å². The van der Waals surface area contributed by atoms with E-state index in [-0.39, 0.29) is 30.2 Å². The highest BCUT2D eigenvalue weighted by Crippen LogP contribution is 2.29. The number of methoxy groups -OCH3 is 1. The van der Waals surface area contributed by atoms with Gasteiger partial charge in [0.05, 0.1) is 19.8 Å². The zero-order valence-electron chi connectivity index (χ0n) is 20.7. The topological polar surface area (TPSA) is 59.1 Å². The first-order valence-electron chi connectivity index (χ1n) is 11.9. The first-order chi connectivity index (χ1) is 17.7. The third kappa shape index (κ3) is 6.48. The molecule has 4 rings (SSSR count). The van der Waals surface area contributed by atoms with Crippen LogP contribution in [0.2, 0.25) is 5.02 Å². The van der Waals surface area contributed by atoms with Crippen LogP contribution >= 0.6 is 11.6 Å². The van der Waals surface area contributed by atoms with Crippen LogP contribution in [0.1, 0.15) is 22.8 Å². The lowest BCUT2D eigenvalue weighted by atomic mass is 10.1. The molecule has 1 aliphatic heterocycles. The second kappa shape index (κ2) is 11.9. The van der Waals surface area contributed by atoms with E-state index in [0.29, 0.717) is 30.4 Å². The van der Waals surface area contributed by atoms with Crippen LogP contribution in [0.5, 0.6) is 5.75 Å². The van der Waals surface area contributed by atoms with Crippen LogP contribution in [0.3, 0.4) is 0 Å². The van der Waals surface area contributed by atoms with E-state index in [2.05, 4.69) is 4.90 Å². The van der Waals surface area contributed by atoms with Gasteiger partial charge in [-0.3, -0.25) is 4.90 Å². The molecule has 1 fully saturated rings. The summed E-state index contributed by atoms with van der Waals surface area (Å²) in [7, 11) is -2.29. The predicted octanol–water partition coefficient (Wildman–Crippen LogP) is 5.20. The Bertz CT molecular complexity index is 1310. The quantitative estimate of drug-likeness (QED) is 0.366. The van der Waals surface area contributed by atoms with Gasteiger partial charge in [-0.25, -0.2) is 17.2 Å². The molecule has 0 N–H and O–H groups in total. The van der Waals surface area contributed by atoms with Crippen LogP contribution in [0.4, 0.5) is 8.78 Å². The highest BCUT2D eigenvalue weighted by molar-refractivity contribution is 7.89. The van der Waals surface area contributed by atoms with Gasteiger partial charge in [-0.2, -0.15) is 4.31 Å². The Morgan fingerprint density at radius 2 is 1.62 bits per heavy atom. The molecule has 0 bridgehead atoms. The number of hydrogen-bond donors (Lipinski definition) is 0. The van der Waals surface area contributed by atoms with Gasteiger partial charge >= 0.3 is 0 Å². The van der Waals surface area contributed by atoms with Gasteiger partial charge in [-0.15, -0.1) is 0 Å². The fourth-order valence-electron chi connectivity index (χ4n) is 4.30. The largest absolute Gasteiger partial charge is 0.495 e. The van der Waals surface area contributed by atoms with Gasteiger partial charge in [-0.1, -0.05) is 35.9 Å². The minimum atomic E-state index is -3.74. The zero-order valence-corrected chi connectivity index (χ0v) is 22.2. The third-order valence-corrected chi connectivity index (χ3v) is 8.60.